The summed E-state index contributed by atoms with van der Waals surface area (Å²) in [6.07, 6.45) is 1.19. The monoisotopic (exact) mass is 497 g/mol. The molecule has 0 aliphatic heterocycles. The predicted octanol–water partition coefficient (Wildman–Crippen LogP) is 5.70. The van der Waals surface area contributed by atoms with E-state index in [0.29, 0.717) is 16.5 Å². The van der Waals surface area contributed by atoms with Gasteiger partial charge in [0.1, 0.15) is 18.1 Å². The van der Waals surface area contributed by atoms with Crippen molar-refractivity contribution in [1.82, 2.24) is 9.78 Å². The highest BCUT2D eigenvalue weighted by atomic mass is 35.5. The highest BCUT2D eigenvalue weighted by molar-refractivity contribution is 6.32. The summed E-state index contributed by atoms with van der Waals surface area (Å²) in [6.45, 7) is -0.750. The van der Waals surface area contributed by atoms with Crippen molar-refractivity contribution >= 4 is 23.3 Å². The van der Waals surface area contributed by atoms with Gasteiger partial charge in [-0.1, -0.05) is 23.7 Å². The van der Waals surface area contributed by atoms with Crippen LogP contribution in [0, 0.1) is 29.1 Å². The number of rotatable bonds is 7. The van der Waals surface area contributed by atoms with E-state index in [1.165, 1.54) is 24.4 Å². The van der Waals surface area contributed by atoms with Gasteiger partial charge in [0.2, 0.25) is 5.82 Å². The third-order valence-electron chi connectivity index (χ3n) is 4.60. The van der Waals surface area contributed by atoms with Gasteiger partial charge >= 0.3 is 0 Å². The lowest BCUT2D eigenvalue weighted by Gasteiger charge is -2.08. The minimum absolute atomic E-state index is 0.00750. The van der Waals surface area contributed by atoms with E-state index in [9.17, 15) is 26.7 Å². The normalized spacial score (nSPS) is 11.0. The molecule has 12 heteroatoms. The molecular weight excluding hydrogens is 485 g/mol. The van der Waals surface area contributed by atoms with E-state index in [0.717, 1.165) is 4.68 Å². The van der Waals surface area contributed by atoms with Crippen LogP contribution in [0.4, 0.5) is 27.8 Å². The van der Waals surface area contributed by atoms with Gasteiger partial charge in [-0.15, -0.1) is 0 Å². The van der Waals surface area contributed by atoms with Crippen LogP contribution in [0.2, 0.25) is 5.02 Å². The van der Waals surface area contributed by atoms with Crippen LogP contribution in [0.1, 0.15) is 21.9 Å². The number of hydrogen-bond acceptors (Lipinski definition) is 4. The highest BCUT2D eigenvalue weighted by Crippen LogP contribution is 2.25. The first-order valence-corrected chi connectivity index (χ1v) is 9.93. The average Bonchev–Trinajstić information content (AvgIpc) is 3.48. The van der Waals surface area contributed by atoms with E-state index in [1.807, 2.05) is 0 Å². The van der Waals surface area contributed by atoms with Crippen molar-refractivity contribution in [2.24, 2.45) is 0 Å². The largest absolute Gasteiger partial charge is 0.484 e. The predicted molar refractivity (Wildman–Crippen MR) is 110 cm³/mol. The molecule has 176 valence electrons. The molecular formula is C22H13ClF5N3O3. The van der Waals surface area contributed by atoms with Crippen LogP contribution in [0.25, 0.3) is 0 Å². The topological polar surface area (TPSA) is 69.3 Å². The van der Waals surface area contributed by atoms with Crippen LogP contribution in [0.15, 0.2) is 53.1 Å². The Bertz CT molecular complexity index is 1340. The molecule has 4 aromatic rings. The molecule has 2 aromatic heterocycles. The molecule has 0 saturated heterocycles. The number of amides is 1. The molecule has 34 heavy (non-hydrogen) atoms. The van der Waals surface area contributed by atoms with Crippen LogP contribution in [0.3, 0.4) is 0 Å². The van der Waals surface area contributed by atoms with E-state index in [-0.39, 0.29) is 18.2 Å². The van der Waals surface area contributed by atoms with Crippen molar-refractivity contribution in [2.75, 3.05) is 5.32 Å². The third-order valence-corrected chi connectivity index (χ3v) is 4.91. The number of ether oxygens (including phenoxy) is 1. The van der Waals surface area contributed by atoms with E-state index in [4.69, 9.17) is 20.8 Å². The maximum absolute atomic E-state index is 13.9. The molecule has 0 atom stereocenters. The SMILES string of the molecule is O=C(Nc1ccn(Cc2c(F)c(F)c(F)c(F)c2F)n1)c1ccc(COc2ccccc2Cl)o1. The molecule has 0 fully saturated rings. The highest BCUT2D eigenvalue weighted by Gasteiger charge is 2.26. The number of furan rings is 1. The van der Waals surface area contributed by atoms with Crippen molar-refractivity contribution in [2.45, 2.75) is 13.2 Å². The Morgan fingerprint density at radius 1 is 0.971 bits per heavy atom. The van der Waals surface area contributed by atoms with Crippen LogP contribution in [-0.4, -0.2) is 15.7 Å². The number of hydrogen-bond donors (Lipinski definition) is 1. The summed E-state index contributed by atoms with van der Waals surface area (Å²) in [5.74, 6) is -10.3. The second-order valence-corrected chi connectivity index (χ2v) is 7.29. The van der Waals surface area contributed by atoms with Crippen molar-refractivity contribution in [3.63, 3.8) is 0 Å². The van der Waals surface area contributed by atoms with Crippen molar-refractivity contribution in [1.29, 1.82) is 0 Å². The maximum atomic E-state index is 13.9. The van der Waals surface area contributed by atoms with Gasteiger partial charge in [0, 0.05) is 12.3 Å². The summed E-state index contributed by atoms with van der Waals surface area (Å²) in [5.41, 5.74) is -1.06. The average molecular weight is 498 g/mol. The number of carbonyl (C=O) groups excluding carboxylic acids is 1. The fourth-order valence-corrected chi connectivity index (χ4v) is 3.12. The fourth-order valence-electron chi connectivity index (χ4n) is 2.93. The van der Waals surface area contributed by atoms with Gasteiger partial charge in [0.15, 0.2) is 34.8 Å². The number of carbonyl (C=O) groups is 1. The second-order valence-electron chi connectivity index (χ2n) is 6.89. The first kappa shape index (κ1) is 23.3. The van der Waals surface area contributed by atoms with Crippen LogP contribution in [-0.2, 0) is 13.2 Å². The molecule has 1 N–H and O–H groups in total. The zero-order chi connectivity index (χ0) is 24.4. The number of nitrogens with one attached hydrogen (secondary N) is 1. The summed E-state index contributed by atoms with van der Waals surface area (Å²) in [4.78, 5) is 12.4. The van der Waals surface area contributed by atoms with Crippen molar-refractivity contribution in [3.8, 4) is 5.75 Å². The molecule has 0 unspecified atom stereocenters. The minimum Gasteiger partial charge on any atom is -0.484 e. The Morgan fingerprint density at radius 3 is 2.35 bits per heavy atom. The lowest BCUT2D eigenvalue weighted by molar-refractivity contribution is 0.0992. The van der Waals surface area contributed by atoms with Crippen molar-refractivity contribution in [3.05, 3.63) is 99.9 Å². The Kier molecular flexibility index (Phi) is 6.55. The number of benzene rings is 2. The Hall–Kier alpha value is -3.86. The number of para-hydroxylation sites is 1. The summed E-state index contributed by atoms with van der Waals surface area (Å²) < 4.78 is 79.5. The summed E-state index contributed by atoms with van der Waals surface area (Å²) in [6, 6.07) is 11.0. The number of halogens is 6. The lowest BCUT2D eigenvalue weighted by Crippen LogP contribution is -2.13. The molecule has 0 aliphatic carbocycles. The number of aromatic nitrogens is 2. The summed E-state index contributed by atoms with van der Waals surface area (Å²) in [7, 11) is 0. The molecule has 0 bridgehead atoms. The molecule has 0 spiro atoms. The van der Waals surface area contributed by atoms with Gasteiger partial charge in [-0.05, 0) is 24.3 Å². The molecule has 4 rings (SSSR count). The van der Waals surface area contributed by atoms with Gasteiger partial charge in [-0.3, -0.25) is 9.48 Å². The molecule has 6 nitrogen and oxygen atoms in total. The van der Waals surface area contributed by atoms with Gasteiger partial charge in [-0.2, -0.15) is 5.10 Å². The first-order valence-electron chi connectivity index (χ1n) is 9.55. The maximum Gasteiger partial charge on any atom is 0.292 e. The number of nitrogens with zero attached hydrogens (tertiary/aromatic N) is 2. The Labute approximate surface area is 193 Å². The van der Waals surface area contributed by atoms with Crippen molar-refractivity contribution < 1.29 is 35.9 Å². The van der Waals surface area contributed by atoms with Gasteiger partial charge in [-0.25, -0.2) is 22.0 Å². The Morgan fingerprint density at radius 2 is 1.65 bits per heavy atom. The molecule has 0 saturated carbocycles. The van der Waals surface area contributed by atoms with Crippen LogP contribution >= 0.6 is 11.6 Å². The first-order chi connectivity index (χ1) is 16.2. The van der Waals surface area contributed by atoms with E-state index < -0.39 is 47.1 Å². The zero-order valence-corrected chi connectivity index (χ0v) is 17.7. The third kappa shape index (κ3) is 4.74. The van der Waals surface area contributed by atoms with E-state index in [1.54, 1.807) is 24.3 Å². The molecule has 0 radical (unpaired) electrons. The lowest BCUT2D eigenvalue weighted by atomic mass is 10.1. The van der Waals surface area contributed by atoms with Crippen LogP contribution in [0.5, 0.6) is 5.75 Å². The molecule has 0 aliphatic rings. The smallest absolute Gasteiger partial charge is 0.292 e. The van der Waals surface area contributed by atoms with E-state index in [2.05, 4.69) is 10.4 Å². The standard InChI is InChI=1S/C22H13ClF5N3O3/c23-13-3-1-2-4-14(13)33-10-11-5-6-15(34-11)22(32)29-16-7-8-31(30-16)9-12-17(24)19(26)21(28)20(27)18(12)25/h1-8H,9-10H2,(H,29,30,32). The van der Waals surface area contributed by atoms with Gasteiger partial charge in [0.05, 0.1) is 17.1 Å². The fraction of sp³-hybridized carbons (Fsp3) is 0.0909. The number of anilines is 1. The molecule has 2 aromatic carbocycles. The van der Waals surface area contributed by atoms with Gasteiger partial charge in [0.25, 0.3) is 5.91 Å². The summed E-state index contributed by atoms with van der Waals surface area (Å²) in [5, 5.41) is 6.67. The molecule has 1 amide bonds. The van der Waals surface area contributed by atoms with Crippen LogP contribution < -0.4 is 10.1 Å². The van der Waals surface area contributed by atoms with Gasteiger partial charge < -0.3 is 14.5 Å². The Balaban J connectivity index is 1.40. The summed E-state index contributed by atoms with van der Waals surface area (Å²) >= 11 is 6.01. The van der Waals surface area contributed by atoms with E-state index >= 15 is 0 Å². The second kappa shape index (κ2) is 9.56. The molecule has 2 heterocycles. The minimum atomic E-state index is -2.25. The zero-order valence-electron chi connectivity index (χ0n) is 16.9. The quantitative estimate of drug-likeness (QED) is 0.202.